The average Bonchev–Trinajstić information content (AvgIpc) is 3.01. The molecule has 2 N–H and O–H groups in total. The Labute approximate surface area is 148 Å². The van der Waals surface area contributed by atoms with Gasteiger partial charge in [-0.05, 0) is 30.9 Å². The van der Waals surface area contributed by atoms with Crippen molar-refractivity contribution in [3.63, 3.8) is 0 Å². The molecule has 124 valence electrons. The summed E-state index contributed by atoms with van der Waals surface area (Å²) in [6.45, 7) is 4.89. The van der Waals surface area contributed by atoms with Crippen LogP contribution in [0.25, 0.3) is 0 Å². The zero-order chi connectivity index (χ0) is 15.1. The Morgan fingerprint density at radius 2 is 2.14 bits per heavy atom. The van der Waals surface area contributed by atoms with Crippen molar-refractivity contribution >= 4 is 35.8 Å². The number of piperidine rings is 1. The molecule has 22 heavy (non-hydrogen) atoms. The normalized spacial score (nSPS) is 16.1. The molecule has 0 bridgehead atoms. The van der Waals surface area contributed by atoms with Gasteiger partial charge >= 0.3 is 0 Å². The number of furan rings is 1. The number of nitrogens with one attached hydrogen (secondary N) is 2. The third kappa shape index (κ3) is 5.86. The molecule has 2 heterocycles. The summed E-state index contributed by atoms with van der Waals surface area (Å²) in [5.41, 5.74) is 0. The molecule has 0 unspecified atom stereocenters. The maximum Gasteiger partial charge on any atom is 0.239 e. The predicted octanol–water partition coefficient (Wildman–Crippen LogP) is 1.82. The van der Waals surface area contributed by atoms with Gasteiger partial charge in [0.2, 0.25) is 5.91 Å². The molecule has 0 atom stereocenters. The number of nitrogens with zero attached hydrogens (tertiary/aromatic N) is 2. The SMILES string of the molecule is CN=C(NCC(=O)NCc1ccco1)N1CCC(C)CC1.I. The maximum atomic E-state index is 11.8. The van der Waals surface area contributed by atoms with Crippen LogP contribution < -0.4 is 10.6 Å². The van der Waals surface area contributed by atoms with Crippen LogP contribution in [0, 0.1) is 5.92 Å². The van der Waals surface area contributed by atoms with E-state index in [1.807, 2.05) is 6.07 Å². The van der Waals surface area contributed by atoms with Crippen molar-refractivity contribution < 1.29 is 9.21 Å². The summed E-state index contributed by atoms with van der Waals surface area (Å²) < 4.78 is 5.17. The highest BCUT2D eigenvalue weighted by atomic mass is 127. The van der Waals surface area contributed by atoms with E-state index >= 15 is 0 Å². The Morgan fingerprint density at radius 3 is 2.73 bits per heavy atom. The number of likely N-dealkylation sites (tertiary alicyclic amines) is 1. The van der Waals surface area contributed by atoms with Gasteiger partial charge in [-0.15, -0.1) is 24.0 Å². The van der Waals surface area contributed by atoms with Gasteiger partial charge in [-0.25, -0.2) is 0 Å². The van der Waals surface area contributed by atoms with Crippen LogP contribution in [0.4, 0.5) is 0 Å². The molecular weight excluding hydrogens is 395 g/mol. The molecule has 0 spiro atoms. The lowest BCUT2D eigenvalue weighted by molar-refractivity contribution is -0.120. The van der Waals surface area contributed by atoms with Crippen LogP contribution in [0.3, 0.4) is 0 Å². The van der Waals surface area contributed by atoms with Crippen molar-refractivity contribution in [3.8, 4) is 0 Å². The molecule has 2 rings (SSSR count). The van der Waals surface area contributed by atoms with E-state index < -0.39 is 0 Å². The van der Waals surface area contributed by atoms with Crippen LogP contribution in [0.1, 0.15) is 25.5 Å². The highest BCUT2D eigenvalue weighted by Crippen LogP contribution is 2.15. The molecular formula is C15H25IN4O2. The maximum absolute atomic E-state index is 11.8. The van der Waals surface area contributed by atoms with Crippen molar-refractivity contribution in [2.75, 3.05) is 26.7 Å². The topological polar surface area (TPSA) is 69.9 Å². The molecule has 6 nitrogen and oxygen atoms in total. The van der Waals surface area contributed by atoms with Gasteiger partial charge in [0.1, 0.15) is 5.76 Å². The number of aliphatic imine (C=N–C) groups is 1. The van der Waals surface area contributed by atoms with E-state index in [4.69, 9.17) is 4.42 Å². The smallest absolute Gasteiger partial charge is 0.239 e. The van der Waals surface area contributed by atoms with Crippen LogP contribution in [0.5, 0.6) is 0 Å². The molecule has 1 amide bonds. The number of carbonyl (C=O) groups is 1. The largest absolute Gasteiger partial charge is 0.467 e. The molecule has 0 saturated carbocycles. The van der Waals surface area contributed by atoms with Gasteiger partial charge in [0.25, 0.3) is 0 Å². The van der Waals surface area contributed by atoms with E-state index in [-0.39, 0.29) is 36.4 Å². The molecule has 0 radical (unpaired) electrons. The monoisotopic (exact) mass is 420 g/mol. The summed E-state index contributed by atoms with van der Waals surface area (Å²) in [4.78, 5) is 18.3. The van der Waals surface area contributed by atoms with Gasteiger partial charge in [0.05, 0.1) is 19.4 Å². The number of rotatable bonds is 4. The highest BCUT2D eigenvalue weighted by molar-refractivity contribution is 14.0. The van der Waals surface area contributed by atoms with Gasteiger partial charge < -0.3 is 20.0 Å². The highest BCUT2D eigenvalue weighted by Gasteiger charge is 2.18. The van der Waals surface area contributed by atoms with E-state index in [2.05, 4.69) is 27.4 Å². The second-order valence-electron chi connectivity index (χ2n) is 5.43. The third-order valence-corrected chi connectivity index (χ3v) is 3.74. The minimum absolute atomic E-state index is 0. The standard InChI is InChI=1S/C15H24N4O2.HI/c1-12-5-7-19(8-6-12)15(16-2)18-11-14(20)17-10-13-4-3-9-21-13;/h3-4,9,12H,5-8,10-11H2,1-2H3,(H,16,18)(H,17,20);1H. The van der Waals surface area contributed by atoms with Crippen LogP contribution in [-0.4, -0.2) is 43.4 Å². The van der Waals surface area contributed by atoms with Gasteiger partial charge in [-0.2, -0.15) is 0 Å². The summed E-state index contributed by atoms with van der Waals surface area (Å²) >= 11 is 0. The van der Waals surface area contributed by atoms with Crippen molar-refractivity contribution in [2.45, 2.75) is 26.3 Å². The fourth-order valence-electron chi connectivity index (χ4n) is 2.37. The molecule has 1 aliphatic rings. The number of guanidine groups is 1. The van der Waals surface area contributed by atoms with Crippen LogP contribution in [0.15, 0.2) is 27.8 Å². The predicted molar refractivity (Wildman–Crippen MR) is 97.3 cm³/mol. The van der Waals surface area contributed by atoms with Crippen molar-refractivity contribution in [1.82, 2.24) is 15.5 Å². The van der Waals surface area contributed by atoms with Gasteiger partial charge in [-0.1, -0.05) is 6.92 Å². The first kappa shape index (κ1) is 18.8. The second-order valence-corrected chi connectivity index (χ2v) is 5.43. The summed E-state index contributed by atoms with van der Waals surface area (Å²) in [6, 6.07) is 3.64. The van der Waals surface area contributed by atoms with Crippen molar-refractivity contribution in [3.05, 3.63) is 24.2 Å². The average molecular weight is 420 g/mol. The Morgan fingerprint density at radius 1 is 1.41 bits per heavy atom. The number of hydrogen-bond acceptors (Lipinski definition) is 3. The van der Waals surface area contributed by atoms with Gasteiger partial charge in [0, 0.05) is 20.1 Å². The first-order valence-electron chi connectivity index (χ1n) is 7.43. The van der Waals surface area contributed by atoms with Gasteiger partial charge in [0.15, 0.2) is 5.96 Å². The second kappa shape index (κ2) is 9.70. The van der Waals surface area contributed by atoms with Crippen LogP contribution >= 0.6 is 24.0 Å². The molecule has 1 aliphatic heterocycles. The van der Waals surface area contributed by atoms with E-state index in [1.54, 1.807) is 19.4 Å². The minimum atomic E-state index is -0.0714. The molecule has 1 fully saturated rings. The Balaban J connectivity index is 0.00000242. The lowest BCUT2D eigenvalue weighted by Crippen LogP contribution is -2.48. The fourth-order valence-corrected chi connectivity index (χ4v) is 2.37. The van der Waals surface area contributed by atoms with E-state index in [9.17, 15) is 4.79 Å². The number of amides is 1. The summed E-state index contributed by atoms with van der Waals surface area (Å²) in [5.74, 6) is 2.25. The molecule has 1 saturated heterocycles. The van der Waals surface area contributed by atoms with Crippen LogP contribution in [-0.2, 0) is 11.3 Å². The number of halogens is 1. The molecule has 0 aromatic carbocycles. The quantitative estimate of drug-likeness (QED) is 0.443. The van der Waals surface area contributed by atoms with E-state index in [0.29, 0.717) is 6.54 Å². The Kier molecular flexibility index (Phi) is 8.29. The molecule has 1 aromatic rings. The fraction of sp³-hybridized carbons (Fsp3) is 0.600. The number of carbonyl (C=O) groups excluding carboxylic acids is 1. The van der Waals surface area contributed by atoms with E-state index in [1.165, 1.54) is 12.8 Å². The van der Waals surface area contributed by atoms with Crippen molar-refractivity contribution in [1.29, 1.82) is 0 Å². The zero-order valence-corrected chi connectivity index (χ0v) is 15.5. The lowest BCUT2D eigenvalue weighted by atomic mass is 10.00. The molecule has 1 aromatic heterocycles. The van der Waals surface area contributed by atoms with Gasteiger partial charge in [-0.3, -0.25) is 9.79 Å². The Hall–Kier alpha value is -1.25. The minimum Gasteiger partial charge on any atom is -0.467 e. The number of hydrogen-bond donors (Lipinski definition) is 2. The Bertz CT molecular complexity index is 468. The third-order valence-electron chi connectivity index (χ3n) is 3.74. The van der Waals surface area contributed by atoms with Crippen LogP contribution in [0.2, 0.25) is 0 Å². The molecule has 7 heteroatoms. The first-order chi connectivity index (χ1) is 10.2. The summed E-state index contributed by atoms with van der Waals surface area (Å²) in [6.07, 6.45) is 3.94. The lowest BCUT2D eigenvalue weighted by Gasteiger charge is -2.32. The summed E-state index contributed by atoms with van der Waals surface area (Å²) in [5, 5.41) is 5.92. The zero-order valence-electron chi connectivity index (χ0n) is 13.2. The molecule has 0 aliphatic carbocycles. The first-order valence-corrected chi connectivity index (χ1v) is 7.43. The summed E-state index contributed by atoms with van der Waals surface area (Å²) in [7, 11) is 1.75. The van der Waals surface area contributed by atoms with E-state index in [0.717, 1.165) is 30.7 Å². The van der Waals surface area contributed by atoms with Crippen molar-refractivity contribution in [2.24, 2.45) is 10.9 Å².